The lowest BCUT2D eigenvalue weighted by atomic mass is 10.0. The maximum absolute atomic E-state index is 5.54. The highest BCUT2D eigenvalue weighted by Crippen LogP contribution is 2.30. The van der Waals surface area contributed by atoms with Gasteiger partial charge >= 0.3 is 0 Å². The van der Waals surface area contributed by atoms with E-state index >= 15 is 0 Å². The Morgan fingerprint density at radius 1 is 1.24 bits per heavy atom. The number of aromatic nitrogens is 2. The largest absolute Gasteiger partial charge is 0.496 e. The average molecular weight is 340 g/mol. The highest BCUT2D eigenvalue weighted by Gasteiger charge is 2.27. The van der Waals surface area contributed by atoms with E-state index in [1.54, 1.807) is 7.11 Å². The number of nitrogens with zero attached hydrogens (tertiary/aromatic N) is 3. The van der Waals surface area contributed by atoms with E-state index in [0.717, 1.165) is 31.7 Å². The highest BCUT2D eigenvalue weighted by atomic mass is 16.5. The molecule has 0 radical (unpaired) electrons. The second-order valence-corrected chi connectivity index (χ2v) is 7.27. The number of benzene rings is 1. The zero-order valence-electron chi connectivity index (χ0n) is 15.3. The zero-order valence-corrected chi connectivity index (χ0v) is 15.3. The van der Waals surface area contributed by atoms with Crippen LogP contribution >= 0.6 is 0 Å². The van der Waals surface area contributed by atoms with Crippen molar-refractivity contribution in [2.75, 3.05) is 33.8 Å². The molecule has 0 unspecified atom stereocenters. The standard InChI is InChI=1S/C20H28N4O/c1-23-11-8-16(9-12-23)24-19-7-10-21-14-17(19)18(22-24)13-15-5-3-4-6-20(15)25-2/h3-6,16,21H,7-14H2,1-2H3. The predicted octanol–water partition coefficient (Wildman–Crippen LogP) is 2.39. The zero-order chi connectivity index (χ0) is 17.2. The van der Waals surface area contributed by atoms with Gasteiger partial charge in [-0.05, 0) is 39.0 Å². The van der Waals surface area contributed by atoms with Gasteiger partial charge in [0.05, 0.1) is 18.8 Å². The van der Waals surface area contributed by atoms with Crippen LogP contribution in [0.15, 0.2) is 24.3 Å². The van der Waals surface area contributed by atoms with E-state index in [1.807, 2.05) is 12.1 Å². The highest BCUT2D eigenvalue weighted by molar-refractivity contribution is 5.39. The van der Waals surface area contributed by atoms with Crippen molar-refractivity contribution in [3.8, 4) is 5.75 Å². The molecular weight excluding hydrogens is 312 g/mol. The van der Waals surface area contributed by atoms with Crippen molar-refractivity contribution in [1.29, 1.82) is 0 Å². The Hall–Kier alpha value is -1.85. The van der Waals surface area contributed by atoms with E-state index in [2.05, 4.69) is 34.1 Å². The molecule has 0 spiro atoms. The topological polar surface area (TPSA) is 42.3 Å². The van der Waals surface area contributed by atoms with Gasteiger partial charge in [-0.1, -0.05) is 18.2 Å². The summed E-state index contributed by atoms with van der Waals surface area (Å²) in [4.78, 5) is 2.42. The maximum atomic E-state index is 5.54. The number of fused-ring (bicyclic) bond motifs is 1. The first-order chi connectivity index (χ1) is 12.3. The number of methoxy groups -OCH3 is 1. The minimum atomic E-state index is 0.550. The van der Waals surface area contributed by atoms with Crippen LogP contribution in [0, 0.1) is 0 Å². The van der Waals surface area contributed by atoms with Crippen LogP contribution in [0.25, 0.3) is 0 Å². The molecule has 1 aromatic heterocycles. The summed E-state index contributed by atoms with van der Waals surface area (Å²) in [7, 11) is 3.96. The van der Waals surface area contributed by atoms with Crippen LogP contribution in [0.3, 0.4) is 0 Å². The predicted molar refractivity (Wildman–Crippen MR) is 99.2 cm³/mol. The monoisotopic (exact) mass is 340 g/mol. The minimum absolute atomic E-state index is 0.550. The van der Waals surface area contributed by atoms with Gasteiger partial charge in [0.1, 0.15) is 5.75 Å². The molecule has 4 rings (SSSR count). The maximum Gasteiger partial charge on any atom is 0.122 e. The quantitative estimate of drug-likeness (QED) is 0.928. The summed E-state index contributed by atoms with van der Waals surface area (Å²) in [6.07, 6.45) is 4.33. The molecule has 134 valence electrons. The van der Waals surface area contributed by atoms with E-state index in [9.17, 15) is 0 Å². The van der Waals surface area contributed by atoms with Crippen molar-refractivity contribution in [1.82, 2.24) is 20.0 Å². The first-order valence-electron chi connectivity index (χ1n) is 9.36. The summed E-state index contributed by atoms with van der Waals surface area (Å²) in [5, 5.41) is 8.64. The van der Waals surface area contributed by atoms with E-state index in [4.69, 9.17) is 9.84 Å². The van der Waals surface area contributed by atoms with Crippen molar-refractivity contribution in [3.05, 3.63) is 46.8 Å². The Kier molecular flexibility index (Phi) is 4.77. The molecule has 0 bridgehead atoms. The van der Waals surface area contributed by atoms with Gasteiger partial charge in [0.25, 0.3) is 0 Å². The number of hydrogen-bond acceptors (Lipinski definition) is 4. The van der Waals surface area contributed by atoms with Crippen LogP contribution in [-0.4, -0.2) is 48.5 Å². The van der Waals surface area contributed by atoms with Crippen LogP contribution in [-0.2, 0) is 19.4 Å². The van der Waals surface area contributed by atoms with E-state index in [1.165, 1.54) is 48.4 Å². The number of rotatable bonds is 4. The lowest BCUT2D eigenvalue weighted by Crippen LogP contribution is -2.33. The number of ether oxygens (including phenoxy) is 1. The number of likely N-dealkylation sites (tertiary alicyclic amines) is 1. The minimum Gasteiger partial charge on any atom is -0.496 e. The van der Waals surface area contributed by atoms with Gasteiger partial charge in [-0.25, -0.2) is 0 Å². The molecule has 5 heteroatoms. The molecule has 2 aliphatic heterocycles. The van der Waals surface area contributed by atoms with Crippen molar-refractivity contribution in [3.63, 3.8) is 0 Å². The Morgan fingerprint density at radius 3 is 2.84 bits per heavy atom. The molecule has 1 N–H and O–H groups in total. The second kappa shape index (κ2) is 7.18. The van der Waals surface area contributed by atoms with Gasteiger partial charge in [-0.15, -0.1) is 0 Å². The van der Waals surface area contributed by atoms with Crippen LogP contribution in [0.1, 0.15) is 41.4 Å². The fraction of sp³-hybridized carbons (Fsp3) is 0.550. The summed E-state index contributed by atoms with van der Waals surface area (Å²) in [5.41, 5.74) is 5.30. The normalized spacial score (nSPS) is 19.0. The van der Waals surface area contributed by atoms with Crippen molar-refractivity contribution in [2.24, 2.45) is 0 Å². The summed E-state index contributed by atoms with van der Waals surface area (Å²) in [6.45, 7) is 4.32. The fourth-order valence-corrected chi connectivity index (χ4v) is 4.16. The molecule has 0 saturated carbocycles. The first kappa shape index (κ1) is 16.6. The van der Waals surface area contributed by atoms with E-state index < -0.39 is 0 Å². The average Bonchev–Trinajstić information content (AvgIpc) is 3.02. The molecule has 2 aliphatic rings. The lowest BCUT2D eigenvalue weighted by Gasteiger charge is -2.30. The molecule has 0 amide bonds. The van der Waals surface area contributed by atoms with E-state index in [-0.39, 0.29) is 0 Å². The number of hydrogen-bond donors (Lipinski definition) is 1. The third-order valence-corrected chi connectivity index (χ3v) is 5.63. The third-order valence-electron chi connectivity index (χ3n) is 5.63. The molecule has 1 aromatic carbocycles. The van der Waals surface area contributed by atoms with Gasteiger partial charge in [0.2, 0.25) is 0 Å². The Balaban J connectivity index is 1.66. The molecule has 1 fully saturated rings. The molecule has 3 heterocycles. The van der Waals surface area contributed by atoms with Crippen molar-refractivity contribution in [2.45, 2.75) is 38.3 Å². The molecule has 2 aromatic rings. The Bertz CT molecular complexity index is 731. The smallest absolute Gasteiger partial charge is 0.122 e. The van der Waals surface area contributed by atoms with Crippen LogP contribution < -0.4 is 10.1 Å². The van der Waals surface area contributed by atoms with Gasteiger partial charge in [0.15, 0.2) is 0 Å². The SMILES string of the molecule is COc1ccccc1Cc1nn(C2CCN(C)CC2)c2c1CNCC2. The number of nitrogens with one attached hydrogen (secondary N) is 1. The summed E-state index contributed by atoms with van der Waals surface area (Å²) >= 11 is 0. The summed E-state index contributed by atoms with van der Waals surface area (Å²) in [5.74, 6) is 0.953. The van der Waals surface area contributed by atoms with E-state index in [0.29, 0.717) is 6.04 Å². The third kappa shape index (κ3) is 3.31. The second-order valence-electron chi connectivity index (χ2n) is 7.27. The number of para-hydroxylation sites is 1. The van der Waals surface area contributed by atoms with Gasteiger partial charge in [0, 0.05) is 42.8 Å². The van der Waals surface area contributed by atoms with Crippen LogP contribution in [0.5, 0.6) is 5.75 Å². The molecule has 1 saturated heterocycles. The molecule has 25 heavy (non-hydrogen) atoms. The molecule has 0 atom stereocenters. The Morgan fingerprint density at radius 2 is 2.04 bits per heavy atom. The molecular formula is C20H28N4O. The van der Waals surface area contributed by atoms with Gasteiger partial charge in [-0.3, -0.25) is 4.68 Å². The summed E-state index contributed by atoms with van der Waals surface area (Å²) in [6, 6.07) is 8.84. The summed E-state index contributed by atoms with van der Waals surface area (Å²) < 4.78 is 7.91. The molecule has 0 aliphatic carbocycles. The van der Waals surface area contributed by atoms with Crippen molar-refractivity contribution < 1.29 is 4.74 Å². The van der Waals surface area contributed by atoms with Gasteiger partial charge < -0.3 is 15.0 Å². The Labute approximate surface area is 150 Å². The van der Waals surface area contributed by atoms with Crippen LogP contribution in [0.4, 0.5) is 0 Å². The fourth-order valence-electron chi connectivity index (χ4n) is 4.16. The first-order valence-corrected chi connectivity index (χ1v) is 9.36. The number of piperidine rings is 1. The van der Waals surface area contributed by atoms with Crippen LogP contribution in [0.2, 0.25) is 0 Å². The van der Waals surface area contributed by atoms with Gasteiger partial charge in [-0.2, -0.15) is 5.10 Å². The lowest BCUT2D eigenvalue weighted by molar-refractivity contribution is 0.209. The van der Waals surface area contributed by atoms with Crippen molar-refractivity contribution >= 4 is 0 Å². The molecule has 5 nitrogen and oxygen atoms in total.